The molecule has 11 heteroatoms. The largest absolute Gasteiger partial charge is 0.500 e. The summed E-state index contributed by atoms with van der Waals surface area (Å²) in [7, 11) is 1.20. The maximum atomic E-state index is 12.7. The van der Waals surface area contributed by atoms with E-state index in [1.54, 1.807) is 0 Å². The van der Waals surface area contributed by atoms with Gasteiger partial charge in [-0.2, -0.15) is 18.3 Å². The first-order valence-electron chi connectivity index (χ1n) is 7.65. The molecule has 0 fully saturated rings. The summed E-state index contributed by atoms with van der Waals surface area (Å²) in [5, 5.41) is 24.2. The number of halogens is 3. The Morgan fingerprint density at radius 3 is 2.68 bits per heavy atom. The highest BCUT2D eigenvalue weighted by molar-refractivity contribution is 5.85. The highest BCUT2D eigenvalue weighted by Crippen LogP contribution is 2.36. The van der Waals surface area contributed by atoms with E-state index in [1.165, 1.54) is 25.3 Å². The maximum Gasteiger partial charge on any atom is 0.416 e. The number of nitro benzene ring substituents is 1. The first-order valence-corrected chi connectivity index (χ1v) is 7.65. The minimum absolute atomic E-state index is 0.143. The summed E-state index contributed by atoms with van der Waals surface area (Å²) in [4.78, 5) is 21.9. The molecule has 28 heavy (non-hydrogen) atoms. The Kier molecular flexibility index (Phi) is 6.18. The molecule has 0 bridgehead atoms. The summed E-state index contributed by atoms with van der Waals surface area (Å²) >= 11 is 0. The van der Waals surface area contributed by atoms with Gasteiger partial charge in [0.05, 0.1) is 30.2 Å². The molecule has 2 rings (SSSR count). The van der Waals surface area contributed by atoms with Gasteiger partial charge in [-0.15, -0.1) is 0 Å². The van der Waals surface area contributed by atoms with E-state index in [-0.39, 0.29) is 23.3 Å². The van der Waals surface area contributed by atoms with Crippen LogP contribution < -0.4 is 10.2 Å². The number of phenols is 1. The average molecular weight is 397 g/mol. The summed E-state index contributed by atoms with van der Waals surface area (Å²) < 4.78 is 42.9. The number of nitro groups is 1. The molecule has 0 spiro atoms. The molecule has 0 aromatic heterocycles. The van der Waals surface area contributed by atoms with Gasteiger partial charge in [-0.3, -0.25) is 14.9 Å². The first-order chi connectivity index (χ1) is 13.1. The third kappa shape index (κ3) is 5.19. The molecule has 0 atom stereocenters. The van der Waals surface area contributed by atoms with Crippen molar-refractivity contribution in [3.63, 3.8) is 0 Å². The zero-order valence-corrected chi connectivity index (χ0v) is 14.4. The second-order valence-electron chi connectivity index (χ2n) is 5.52. The Bertz CT molecular complexity index is 929. The van der Waals surface area contributed by atoms with E-state index in [0.717, 1.165) is 24.4 Å². The van der Waals surface area contributed by atoms with Crippen LogP contribution >= 0.6 is 0 Å². The van der Waals surface area contributed by atoms with Crippen molar-refractivity contribution < 1.29 is 32.7 Å². The molecule has 2 aromatic carbocycles. The van der Waals surface area contributed by atoms with E-state index in [9.17, 15) is 33.2 Å². The van der Waals surface area contributed by atoms with Crippen LogP contribution in [0.1, 0.15) is 16.7 Å². The minimum Gasteiger partial charge on any atom is -0.500 e. The summed E-state index contributed by atoms with van der Waals surface area (Å²) in [5.74, 6) is -1.50. The zero-order valence-electron chi connectivity index (χ0n) is 14.4. The number of alkyl halides is 3. The predicted octanol–water partition coefficient (Wildman–Crippen LogP) is 3.02. The average Bonchev–Trinajstić information content (AvgIpc) is 2.62. The molecule has 0 heterocycles. The fourth-order valence-electron chi connectivity index (χ4n) is 2.24. The van der Waals surface area contributed by atoms with Crippen LogP contribution in [0.4, 0.5) is 18.9 Å². The van der Waals surface area contributed by atoms with Crippen molar-refractivity contribution in [3.05, 3.63) is 63.2 Å². The second kappa shape index (κ2) is 8.37. The quantitative estimate of drug-likeness (QED) is 0.442. The lowest BCUT2D eigenvalue weighted by atomic mass is 10.1. The van der Waals surface area contributed by atoms with Crippen LogP contribution in [-0.4, -0.2) is 29.3 Å². The molecule has 0 radical (unpaired) electrons. The van der Waals surface area contributed by atoms with E-state index in [1.807, 2.05) is 0 Å². The van der Waals surface area contributed by atoms with Gasteiger partial charge in [-0.25, -0.2) is 5.43 Å². The molecule has 0 saturated carbocycles. The van der Waals surface area contributed by atoms with Gasteiger partial charge in [0.1, 0.15) is 0 Å². The smallest absolute Gasteiger partial charge is 0.416 e. The number of aromatic hydroxyl groups is 1. The number of hydrogen-bond acceptors (Lipinski definition) is 6. The molecule has 0 aliphatic heterocycles. The van der Waals surface area contributed by atoms with Crippen molar-refractivity contribution in [1.29, 1.82) is 0 Å². The summed E-state index contributed by atoms with van der Waals surface area (Å²) in [6.07, 6.45) is -3.80. The number of hydrogen-bond donors (Lipinski definition) is 2. The number of phenolic OH excluding ortho intramolecular Hbond substituents is 1. The second-order valence-corrected chi connectivity index (χ2v) is 5.52. The van der Waals surface area contributed by atoms with E-state index < -0.39 is 34.0 Å². The number of nitrogens with one attached hydrogen (secondary N) is 1. The molecule has 2 N–H and O–H groups in total. The van der Waals surface area contributed by atoms with Crippen LogP contribution in [0.15, 0.2) is 41.5 Å². The summed E-state index contributed by atoms with van der Waals surface area (Å²) in [5.41, 5.74) is 0.926. The van der Waals surface area contributed by atoms with Gasteiger partial charge in [0, 0.05) is 11.6 Å². The lowest BCUT2D eigenvalue weighted by Gasteiger charge is -2.08. The van der Waals surface area contributed by atoms with E-state index in [4.69, 9.17) is 4.74 Å². The summed E-state index contributed by atoms with van der Waals surface area (Å²) in [6, 6.07) is 6.58. The van der Waals surface area contributed by atoms with Gasteiger partial charge in [0.15, 0.2) is 5.75 Å². The molecule has 1 amide bonds. The molecule has 0 aliphatic rings. The van der Waals surface area contributed by atoms with Crippen molar-refractivity contribution in [2.45, 2.75) is 12.6 Å². The third-order valence-corrected chi connectivity index (χ3v) is 3.52. The van der Waals surface area contributed by atoms with Crippen molar-refractivity contribution in [2.24, 2.45) is 5.10 Å². The SMILES string of the molecule is COc1cc(/C=N\NC(=O)Cc2cccc(C(F)(F)F)c2)cc([N+](=O)[O-])c1O. The van der Waals surface area contributed by atoms with Gasteiger partial charge in [-0.05, 0) is 17.7 Å². The molecule has 2 aromatic rings. The molecule has 0 unspecified atom stereocenters. The van der Waals surface area contributed by atoms with Crippen LogP contribution in [0.5, 0.6) is 11.5 Å². The van der Waals surface area contributed by atoms with Crippen molar-refractivity contribution in [1.82, 2.24) is 5.43 Å². The zero-order chi connectivity index (χ0) is 20.9. The molecule has 148 valence electrons. The number of carbonyl (C=O) groups is 1. The van der Waals surface area contributed by atoms with Crippen molar-refractivity contribution >= 4 is 17.8 Å². The summed E-state index contributed by atoms with van der Waals surface area (Å²) in [6.45, 7) is 0. The number of nitrogens with zero attached hydrogens (tertiary/aromatic N) is 2. The highest BCUT2D eigenvalue weighted by Gasteiger charge is 2.30. The van der Waals surface area contributed by atoms with Gasteiger partial charge < -0.3 is 9.84 Å². The van der Waals surface area contributed by atoms with Crippen molar-refractivity contribution in [2.75, 3.05) is 7.11 Å². The number of amides is 1. The normalized spacial score (nSPS) is 11.4. The molecule has 0 saturated heterocycles. The maximum absolute atomic E-state index is 12.7. The Morgan fingerprint density at radius 1 is 1.36 bits per heavy atom. The van der Waals surface area contributed by atoms with Crippen LogP contribution in [0, 0.1) is 10.1 Å². The van der Waals surface area contributed by atoms with Gasteiger partial charge in [0.2, 0.25) is 11.7 Å². The number of benzene rings is 2. The van der Waals surface area contributed by atoms with E-state index in [0.29, 0.717) is 0 Å². The van der Waals surface area contributed by atoms with Crippen molar-refractivity contribution in [3.8, 4) is 11.5 Å². The fourth-order valence-corrected chi connectivity index (χ4v) is 2.24. The Morgan fingerprint density at radius 2 is 2.07 bits per heavy atom. The topological polar surface area (TPSA) is 114 Å². The lowest BCUT2D eigenvalue weighted by Crippen LogP contribution is -2.20. The third-order valence-electron chi connectivity index (χ3n) is 3.52. The van der Waals surface area contributed by atoms with E-state index >= 15 is 0 Å². The molecular weight excluding hydrogens is 383 g/mol. The Balaban J connectivity index is 2.08. The first kappa shape index (κ1) is 20.7. The molecular formula is C17H14F3N3O5. The number of ether oxygens (including phenoxy) is 1. The van der Waals surface area contributed by atoms with Gasteiger partial charge >= 0.3 is 11.9 Å². The fraction of sp³-hybridized carbons (Fsp3) is 0.176. The number of carbonyl (C=O) groups excluding carboxylic acids is 1. The Hall–Kier alpha value is -3.63. The predicted molar refractivity (Wildman–Crippen MR) is 92.2 cm³/mol. The number of methoxy groups -OCH3 is 1. The van der Waals surface area contributed by atoms with Crippen LogP contribution in [-0.2, 0) is 17.4 Å². The minimum atomic E-state index is -4.52. The standard InChI is InChI=1S/C17H14F3N3O5/c1-28-14-7-11(6-13(16(14)25)23(26)27)9-21-22-15(24)8-10-3-2-4-12(5-10)17(18,19)20/h2-7,9,25H,8H2,1H3,(H,22,24)/b21-9-. The van der Waals surface area contributed by atoms with Crippen LogP contribution in [0.2, 0.25) is 0 Å². The highest BCUT2D eigenvalue weighted by atomic mass is 19.4. The molecule has 8 nitrogen and oxygen atoms in total. The lowest BCUT2D eigenvalue weighted by molar-refractivity contribution is -0.386. The molecule has 0 aliphatic carbocycles. The van der Waals surface area contributed by atoms with E-state index in [2.05, 4.69) is 10.5 Å². The van der Waals surface area contributed by atoms with Gasteiger partial charge in [-0.1, -0.05) is 18.2 Å². The van der Waals surface area contributed by atoms with Crippen LogP contribution in [0.3, 0.4) is 0 Å². The Labute approximate surface area is 156 Å². The van der Waals surface area contributed by atoms with Crippen LogP contribution in [0.25, 0.3) is 0 Å². The van der Waals surface area contributed by atoms with Gasteiger partial charge in [0.25, 0.3) is 0 Å². The number of rotatable bonds is 6. The number of hydrazone groups is 1. The monoisotopic (exact) mass is 397 g/mol.